The molecule has 0 aromatic heterocycles. The molecule has 9 N–H and O–H groups in total. The number of carbonyl (C=O) groups excluding carboxylic acids is 4. The van der Waals surface area contributed by atoms with Gasteiger partial charge in [0.15, 0.2) is 0 Å². The third kappa shape index (κ3) is 7.15. The topological polar surface area (TPSA) is 225 Å². The molecule has 1 aromatic rings. The summed E-state index contributed by atoms with van der Waals surface area (Å²) in [4.78, 5) is 62.4. The van der Waals surface area contributed by atoms with E-state index in [1.807, 2.05) is 0 Å². The molecular weight excluding hydrogens is 450 g/mol. The van der Waals surface area contributed by atoms with E-state index in [9.17, 15) is 34.2 Å². The number of rotatable bonds is 11. The Morgan fingerprint density at radius 3 is 2.24 bits per heavy atom. The van der Waals surface area contributed by atoms with Crippen LogP contribution >= 0.6 is 0 Å². The summed E-state index contributed by atoms with van der Waals surface area (Å²) in [7, 11) is 0. The number of phenols is 1. The van der Waals surface area contributed by atoms with Crippen molar-refractivity contribution in [3.05, 3.63) is 29.8 Å². The van der Waals surface area contributed by atoms with Crippen molar-refractivity contribution in [2.24, 2.45) is 11.5 Å². The molecular formula is C21H29N5O8. The Labute approximate surface area is 195 Å². The zero-order chi connectivity index (χ0) is 25.4. The van der Waals surface area contributed by atoms with Gasteiger partial charge in [-0.15, -0.1) is 0 Å². The summed E-state index contributed by atoms with van der Waals surface area (Å²) in [6.45, 7) is -0.534. The molecule has 0 radical (unpaired) electrons. The van der Waals surface area contributed by atoms with Gasteiger partial charge in [0, 0.05) is 13.0 Å². The van der Waals surface area contributed by atoms with Crippen molar-refractivity contribution in [1.29, 1.82) is 0 Å². The first kappa shape index (κ1) is 26.5. The van der Waals surface area contributed by atoms with E-state index in [4.69, 9.17) is 16.6 Å². The largest absolute Gasteiger partial charge is 0.508 e. The van der Waals surface area contributed by atoms with Crippen LogP contribution in [0.3, 0.4) is 0 Å². The molecule has 13 nitrogen and oxygen atoms in total. The standard InChI is InChI=1S/C21H29N5O8/c22-13(10-27)18(30)24-14(8-11-3-5-12(28)6-4-11)19(31)25-15(9-17(23)29)20(32)26-7-1-2-16(26)21(33)34/h3-6,13-16,27-28H,1-2,7-10,22H2,(H2,23,29)(H,24,30)(H,25,31)(H,33,34). The monoisotopic (exact) mass is 479 g/mol. The normalized spacial score (nSPS) is 17.9. The van der Waals surface area contributed by atoms with Crippen LogP contribution in [0.15, 0.2) is 24.3 Å². The first-order valence-electron chi connectivity index (χ1n) is 10.6. The molecule has 4 atom stereocenters. The summed E-state index contributed by atoms with van der Waals surface area (Å²) in [5.74, 6) is -4.57. The van der Waals surface area contributed by atoms with Gasteiger partial charge in [0.1, 0.15) is 29.9 Å². The molecule has 13 heteroatoms. The number of nitrogens with two attached hydrogens (primary N) is 2. The van der Waals surface area contributed by atoms with E-state index < -0.39 is 66.8 Å². The maximum absolute atomic E-state index is 13.1. The highest BCUT2D eigenvalue weighted by atomic mass is 16.4. The smallest absolute Gasteiger partial charge is 0.326 e. The second-order valence-corrected chi connectivity index (χ2v) is 7.98. The molecule has 0 saturated carbocycles. The zero-order valence-electron chi connectivity index (χ0n) is 18.3. The number of carbonyl (C=O) groups is 5. The predicted molar refractivity (Wildman–Crippen MR) is 117 cm³/mol. The van der Waals surface area contributed by atoms with Gasteiger partial charge < -0.3 is 42.3 Å². The molecule has 1 saturated heterocycles. The number of likely N-dealkylation sites (tertiary alicyclic amines) is 1. The van der Waals surface area contributed by atoms with Crippen molar-refractivity contribution in [2.45, 2.75) is 49.9 Å². The molecule has 34 heavy (non-hydrogen) atoms. The van der Waals surface area contributed by atoms with Crippen molar-refractivity contribution >= 4 is 29.6 Å². The molecule has 1 aliphatic heterocycles. The minimum Gasteiger partial charge on any atom is -0.508 e. The van der Waals surface area contributed by atoms with Crippen molar-refractivity contribution in [3.63, 3.8) is 0 Å². The lowest BCUT2D eigenvalue weighted by Gasteiger charge is -2.28. The molecule has 0 bridgehead atoms. The maximum atomic E-state index is 13.1. The van der Waals surface area contributed by atoms with Gasteiger partial charge in [-0.2, -0.15) is 0 Å². The first-order chi connectivity index (χ1) is 16.0. The first-order valence-corrected chi connectivity index (χ1v) is 10.6. The Morgan fingerprint density at radius 1 is 1.06 bits per heavy atom. The fourth-order valence-corrected chi connectivity index (χ4v) is 3.60. The highest BCUT2D eigenvalue weighted by molar-refractivity contribution is 5.96. The minimum atomic E-state index is -1.45. The number of primary amides is 1. The number of nitrogens with one attached hydrogen (secondary N) is 2. The number of aliphatic hydroxyl groups excluding tert-OH is 1. The Balaban J connectivity index is 2.25. The number of aliphatic carboxylic acids is 1. The van der Waals surface area contributed by atoms with Crippen LogP contribution < -0.4 is 22.1 Å². The van der Waals surface area contributed by atoms with Crippen LogP contribution in [0.25, 0.3) is 0 Å². The van der Waals surface area contributed by atoms with Gasteiger partial charge in [0.2, 0.25) is 23.6 Å². The van der Waals surface area contributed by atoms with Gasteiger partial charge in [-0.3, -0.25) is 19.2 Å². The Bertz CT molecular complexity index is 922. The summed E-state index contributed by atoms with van der Waals surface area (Å²) >= 11 is 0. The predicted octanol–water partition coefficient (Wildman–Crippen LogP) is -2.83. The number of hydrogen-bond acceptors (Lipinski definition) is 8. The molecule has 4 amide bonds. The van der Waals surface area contributed by atoms with E-state index in [0.717, 1.165) is 4.90 Å². The lowest BCUT2D eigenvalue weighted by atomic mass is 10.0. The van der Waals surface area contributed by atoms with E-state index in [0.29, 0.717) is 12.0 Å². The van der Waals surface area contributed by atoms with Gasteiger partial charge in [-0.25, -0.2) is 4.79 Å². The summed E-state index contributed by atoms with van der Waals surface area (Å²) in [6.07, 6.45) is 0.0216. The second kappa shape index (κ2) is 12.0. The SMILES string of the molecule is NC(=O)CC(NC(=O)C(Cc1ccc(O)cc1)NC(=O)C(N)CO)C(=O)N1CCCC1C(=O)O. The lowest BCUT2D eigenvalue weighted by molar-refractivity contribution is -0.149. The average Bonchev–Trinajstić information content (AvgIpc) is 3.28. The molecule has 1 aromatic carbocycles. The quantitative estimate of drug-likeness (QED) is 0.173. The van der Waals surface area contributed by atoms with Gasteiger partial charge in [0.05, 0.1) is 13.0 Å². The Kier molecular flexibility index (Phi) is 9.33. The Morgan fingerprint density at radius 2 is 1.68 bits per heavy atom. The molecule has 1 aliphatic rings. The number of nitrogens with zero attached hydrogens (tertiary/aromatic N) is 1. The fourth-order valence-electron chi connectivity index (χ4n) is 3.60. The molecule has 4 unspecified atom stereocenters. The number of phenolic OH excluding ortho intramolecular Hbond substituents is 1. The van der Waals surface area contributed by atoms with Gasteiger partial charge in [0.25, 0.3) is 0 Å². The van der Waals surface area contributed by atoms with Crippen molar-refractivity contribution in [2.75, 3.05) is 13.2 Å². The number of aromatic hydroxyl groups is 1. The molecule has 186 valence electrons. The number of carboxylic acids is 1. The number of aliphatic hydroxyl groups is 1. The number of amides is 4. The minimum absolute atomic E-state index is 0.0122. The van der Waals surface area contributed by atoms with Gasteiger partial charge >= 0.3 is 5.97 Å². The highest BCUT2D eigenvalue weighted by Crippen LogP contribution is 2.19. The number of benzene rings is 1. The van der Waals surface area contributed by atoms with Crippen molar-refractivity contribution < 1.29 is 39.3 Å². The summed E-state index contributed by atoms with van der Waals surface area (Å²) in [5.41, 5.74) is 11.3. The van der Waals surface area contributed by atoms with Crippen LogP contribution in [0.2, 0.25) is 0 Å². The summed E-state index contributed by atoms with van der Waals surface area (Å²) in [6, 6.07) is 0.675. The third-order valence-electron chi connectivity index (χ3n) is 5.38. The van der Waals surface area contributed by atoms with Crippen LogP contribution in [0, 0.1) is 0 Å². The maximum Gasteiger partial charge on any atom is 0.326 e. The van der Waals surface area contributed by atoms with Crippen LogP contribution in [0.4, 0.5) is 0 Å². The fraction of sp³-hybridized carbons (Fsp3) is 0.476. The molecule has 1 fully saturated rings. The molecule has 1 heterocycles. The highest BCUT2D eigenvalue weighted by Gasteiger charge is 2.39. The lowest BCUT2D eigenvalue weighted by Crippen LogP contribution is -2.58. The van der Waals surface area contributed by atoms with Crippen LogP contribution in [0.5, 0.6) is 5.75 Å². The van der Waals surface area contributed by atoms with E-state index in [1.54, 1.807) is 0 Å². The molecule has 0 aliphatic carbocycles. The number of hydrogen-bond donors (Lipinski definition) is 7. The molecule has 2 rings (SSSR count). The average molecular weight is 479 g/mol. The summed E-state index contributed by atoms with van der Waals surface area (Å²) < 4.78 is 0. The van der Waals surface area contributed by atoms with Crippen LogP contribution in [-0.2, 0) is 30.4 Å². The van der Waals surface area contributed by atoms with Crippen LogP contribution in [-0.4, -0.2) is 87.1 Å². The van der Waals surface area contributed by atoms with E-state index in [1.165, 1.54) is 24.3 Å². The van der Waals surface area contributed by atoms with Crippen molar-refractivity contribution in [1.82, 2.24) is 15.5 Å². The second-order valence-electron chi connectivity index (χ2n) is 7.98. The van der Waals surface area contributed by atoms with Gasteiger partial charge in [-0.05, 0) is 30.5 Å². The Hall–Kier alpha value is -3.71. The van der Waals surface area contributed by atoms with Gasteiger partial charge in [-0.1, -0.05) is 12.1 Å². The number of carboxylic acid groups (broad SMARTS) is 1. The van der Waals surface area contributed by atoms with E-state index in [2.05, 4.69) is 10.6 Å². The third-order valence-corrected chi connectivity index (χ3v) is 5.38. The zero-order valence-corrected chi connectivity index (χ0v) is 18.3. The van der Waals surface area contributed by atoms with Crippen molar-refractivity contribution in [3.8, 4) is 5.75 Å². The van der Waals surface area contributed by atoms with E-state index in [-0.39, 0.29) is 25.1 Å². The van der Waals surface area contributed by atoms with Crippen LogP contribution in [0.1, 0.15) is 24.8 Å². The molecule has 0 spiro atoms. The van der Waals surface area contributed by atoms with E-state index >= 15 is 0 Å². The summed E-state index contributed by atoms with van der Waals surface area (Å²) in [5, 5.41) is 32.7.